The van der Waals surface area contributed by atoms with Gasteiger partial charge in [0, 0.05) is 29.1 Å². The van der Waals surface area contributed by atoms with E-state index < -0.39 is 0 Å². The van der Waals surface area contributed by atoms with Crippen molar-refractivity contribution < 1.29 is 5.11 Å². The lowest BCUT2D eigenvalue weighted by Crippen LogP contribution is -2.59. The molecule has 1 heterocycles. The van der Waals surface area contributed by atoms with E-state index in [1.807, 2.05) is 6.92 Å². The number of thiazole rings is 1. The van der Waals surface area contributed by atoms with Gasteiger partial charge in [-0.3, -0.25) is 0 Å². The highest BCUT2D eigenvalue weighted by atomic mass is 32.1. The van der Waals surface area contributed by atoms with Crippen molar-refractivity contribution in [1.29, 1.82) is 0 Å². The van der Waals surface area contributed by atoms with Gasteiger partial charge in [-0.05, 0) is 13.3 Å². The summed E-state index contributed by atoms with van der Waals surface area (Å²) in [5, 5.41) is 16.2. The van der Waals surface area contributed by atoms with Crippen LogP contribution >= 0.6 is 11.3 Å². The van der Waals surface area contributed by atoms with E-state index in [1.54, 1.807) is 11.3 Å². The van der Waals surface area contributed by atoms with Gasteiger partial charge in [0.2, 0.25) is 0 Å². The van der Waals surface area contributed by atoms with Crippen LogP contribution in [0.3, 0.4) is 0 Å². The van der Waals surface area contributed by atoms with Crippen molar-refractivity contribution in [2.45, 2.75) is 45.9 Å². The second-order valence-corrected chi connectivity index (χ2v) is 5.83. The van der Waals surface area contributed by atoms with Crippen LogP contribution in [0.15, 0.2) is 5.38 Å². The van der Waals surface area contributed by atoms with Crippen molar-refractivity contribution in [1.82, 2.24) is 10.3 Å². The SMILES string of the molecule is Cc1csc(CNC2CC(O)C2(C)C)n1. The Morgan fingerprint density at radius 1 is 1.67 bits per heavy atom. The lowest BCUT2D eigenvalue weighted by Gasteiger charge is -2.49. The van der Waals surface area contributed by atoms with Gasteiger partial charge in [0.1, 0.15) is 5.01 Å². The number of hydrogen-bond acceptors (Lipinski definition) is 4. The third kappa shape index (κ3) is 2.07. The Hall–Kier alpha value is -0.450. The molecule has 15 heavy (non-hydrogen) atoms. The van der Waals surface area contributed by atoms with Crippen LogP contribution in [0.2, 0.25) is 0 Å². The fourth-order valence-corrected chi connectivity index (χ4v) is 2.67. The monoisotopic (exact) mass is 226 g/mol. The molecule has 0 aromatic carbocycles. The molecule has 3 nitrogen and oxygen atoms in total. The molecule has 0 bridgehead atoms. The number of aromatic nitrogens is 1. The van der Waals surface area contributed by atoms with Gasteiger partial charge in [0.25, 0.3) is 0 Å². The molecule has 0 spiro atoms. The summed E-state index contributed by atoms with van der Waals surface area (Å²) in [5.74, 6) is 0. The van der Waals surface area contributed by atoms with Crippen LogP contribution in [0.5, 0.6) is 0 Å². The van der Waals surface area contributed by atoms with Crippen LogP contribution in [-0.2, 0) is 6.54 Å². The molecule has 84 valence electrons. The molecule has 2 rings (SSSR count). The van der Waals surface area contributed by atoms with E-state index in [2.05, 4.69) is 29.5 Å². The second-order valence-electron chi connectivity index (χ2n) is 4.89. The van der Waals surface area contributed by atoms with E-state index in [1.165, 1.54) is 0 Å². The maximum atomic E-state index is 9.59. The summed E-state index contributed by atoms with van der Waals surface area (Å²) in [6, 6.07) is 0.414. The summed E-state index contributed by atoms with van der Waals surface area (Å²) in [5.41, 5.74) is 1.09. The number of nitrogens with zero attached hydrogens (tertiary/aromatic N) is 1. The third-order valence-electron chi connectivity index (χ3n) is 3.38. The predicted molar refractivity (Wildman–Crippen MR) is 61.9 cm³/mol. The molecule has 2 unspecified atom stereocenters. The van der Waals surface area contributed by atoms with Crippen LogP contribution in [-0.4, -0.2) is 22.2 Å². The van der Waals surface area contributed by atoms with Gasteiger partial charge in [-0.2, -0.15) is 0 Å². The number of aliphatic hydroxyl groups is 1. The number of aryl methyl sites for hydroxylation is 1. The molecule has 1 fully saturated rings. The zero-order valence-electron chi connectivity index (χ0n) is 9.45. The Labute approximate surface area is 94.5 Å². The van der Waals surface area contributed by atoms with E-state index in [4.69, 9.17) is 0 Å². The van der Waals surface area contributed by atoms with Gasteiger partial charge < -0.3 is 10.4 Å². The van der Waals surface area contributed by atoms with Crippen molar-refractivity contribution in [2.75, 3.05) is 0 Å². The van der Waals surface area contributed by atoms with Crippen LogP contribution in [0.25, 0.3) is 0 Å². The van der Waals surface area contributed by atoms with E-state index in [-0.39, 0.29) is 11.5 Å². The summed E-state index contributed by atoms with van der Waals surface area (Å²) in [6.07, 6.45) is 0.699. The van der Waals surface area contributed by atoms with Gasteiger partial charge in [-0.15, -0.1) is 11.3 Å². The van der Waals surface area contributed by atoms with Crippen molar-refractivity contribution in [3.63, 3.8) is 0 Å². The van der Waals surface area contributed by atoms with E-state index in [9.17, 15) is 5.11 Å². The number of nitrogens with one attached hydrogen (secondary N) is 1. The largest absolute Gasteiger partial charge is 0.392 e. The lowest BCUT2D eigenvalue weighted by molar-refractivity contribution is -0.0729. The minimum atomic E-state index is -0.159. The Bertz CT molecular complexity index is 348. The van der Waals surface area contributed by atoms with E-state index >= 15 is 0 Å². The quantitative estimate of drug-likeness (QED) is 0.824. The number of hydrogen-bond donors (Lipinski definition) is 2. The molecule has 0 amide bonds. The Morgan fingerprint density at radius 3 is 2.87 bits per heavy atom. The number of aliphatic hydroxyl groups excluding tert-OH is 1. The summed E-state index contributed by atoms with van der Waals surface area (Å²) < 4.78 is 0. The topological polar surface area (TPSA) is 45.1 Å². The minimum absolute atomic E-state index is 0.00625. The first-order valence-electron chi connectivity index (χ1n) is 5.32. The second kappa shape index (κ2) is 3.85. The fraction of sp³-hybridized carbons (Fsp3) is 0.727. The molecule has 1 aliphatic rings. The molecule has 1 saturated carbocycles. The Balaban J connectivity index is 1.85. The van der Waals surface area contributed by atoms with Gasteiger partial charge in [-0.1, -0.05) is 13.8 Å². The van der Waals surface area contributed by atoms with Gasteiger partial charge >= 0.3 is 0 Å². The molecule has 0 radical (unpaired) electrons. The van der Waals surface area contributed by atoms with Crippen LogP contribution in [0.1, 0.15) is 31.0 Å². The molecule has 2 N–H and O–H groups in total. The van der Waals surface area contributed by atoms with Gasteiger partial charge in [-0.25, -0.2) is 4.98 Å². The highest BCUT2D eigenvalue weighted by molar-refractivity contribution is 7.09. The maximum Gasteiger partial charge on any atom is 0.107 e. The minimum Gasteiger partial charge on any atom is -0.392 e. The van der Waals surface area contributed by atoms with Crippen LogP contribution in [0.4, 0.5) is 0 Å². The molecule has 0 saturated heterocycles. The van der Waals surface area contributed by atoms with Crippen LogP contribution < -0.4 is 5.32 Å². The fourth-order valence-electron chi connectivity index (χ4n) is 1.94. The molecular weight excluding hydrogens is 208 g/mol. The summed E-state index contributed by atoms with van der Waals surface area (Å²) in [4.78, 5) is 4.40. The predicted octanol–water partition coefficient (Wildman–Crippen LogP) is 1.70. The molecule has 1 aromatic heterocycles. The highest BCUT2D eigenvalue weighted by Gasteiger charge is 2.46. The summed E-state index contributed by atoms with van der Waals surface area (Å²) in [7, 11) is 0. The van der Waals surface area contributed by atoms with Crippen molar-refractivity contribution in [3.05, 3.63) is 16.1 Å². The van der Waals surface area contributed by atoms with Crippen molar-refractivity contribution in [3.8, 4) is 0 Å². The van der Waals surface area contributed by atoms with E-state index in [0.29, 0.717) is 6.04 Å². The first-order chi connectivity index (χ1) is 7.00. The Morgan fingerprint density at radius 2 is 2.40 bits per heavy atom. The van der Waals surface area contributed by atoms with Gasteiger partial charge in [0.15, 0.2) is 0 Å². The summed E-state index contributed by atoms with van der Waals surface area (Å²) >= 11 is 1.69. The molecule has 1 aliphatic carbocycles. The molecule has 4 heteroatoms. The smallest absolute Gasteiger partial charge is 0.107 e. The highest BCUT2D eigenvalue weighted by Crippen LogP contribution is 2.40. The zero-order valence-corrected chi connectivity index (χ0v) is 10.3. The van der Waals surface area contributed by atoms with E-state index in [0.717, 1.165) is 23.7 Å². The maximum absolute atomic E-state index is 9.59. The van der Waals surface area contributed by atoms with Gasteiger partial charge in [0.05, 0.1) is 6.10 Å². The summed E-state index contributed by atoms with van der Waals surface area (Å²) in [6.45, 7) is 7.04. The molecular formula is C11H18N2OS. The molecule has 2 atom stereocenters. The third-order valence-corrected chi connectivity index (χ3v) is 4.35. The lowest BCUT2D eigenvalue weighted by atomic mass is 9.64. The molecule has 0 aliphatic heterocycles. The average molecular weight is 226 g/mol. The van der Waals surface area contributed by atoms with Crippen LogP contribution in [0, 0.1) is 12.3 Å². The first-order valence-corrected chi connectivity index (χ1v) is 6.20. The van der Waals surface area contributed by atoms with Crippen molar-refractivity contribution >= 4 is 11.3 Å². The molecule has 1 aromatic rings. The number of rotatable bonds is 3. The van der Waals surface area contributed by atoms with Crippen molar-refractivity contribution in [2.24, 2.45) is 5.41 Å². The normalized spacial score (nSPS) is 28.8. The Kier molecular flexibility index (Phi) is 2.83. The standard InChI is InChI=1S/C11H18N2OS/c1-7-6-15-10(13-7)5-12-8-4-9(14)11(8,2)3/h6,8-9,12,14H,4-5H2,1-3H3. The average Bonchev–Trinajstić information content (AvgIpc) is 2.58. The first kappa shape index (κ1) is 11.0. The zero-order chi connectivity index (χ0) is 11.1.